The third-order valence-corrected chi connectivity index (χ3v) is 5.00. The molecular weight excluding hydrogens is 224 g/mol. The van der Waals surface area contributed by atoms with Crippen molar-refractivity contribution in [1.82, 2.24) is 4.72 Å². The molecule has 1 rings (SSSR count). The number of sulfonamides is 1. The maximum Gasteiger partial charge on any atom is 0.215 e. The second kappa shape index (κ2) is 5.65. The van der Waals surface area contributed by atoms with Crippen LogP contribution in [-0.4, -0.2) is 19.7 Å². The minimum absolute atomic E-state index is 0.187. The van der Waals surface area contributed by atoms with E-state index in [1.807, 2.05) is 0 Å². The number of nitrogens with one attached hydrogen (secondary N) is 1. The van der Waals surface area contributed by atoms with Gasteiger partial charge in [-0.2, -0.15) is 9.98 Å². The Kier molecular flexibility index (Phi) is 4.75. The Balaban J connectivity index is 2.65. The van der Waals surface area contributed by atoms with Gasteiger partial charge in [0.05, 0.1) is 11.3 Å². The molecule has 1 fully saturated rings. The van der Waals surface area contributed by atoms with Crippen LogP contribution in [0.5, 0.6) is 0 Å². The van der Waals surface area contributed by atoms with E-state index in [-0.39, 0.29) is 5.92 Å². The zero-order valence-corrected chi connectivity index (χ0v) is 10.8. The fourth-order valence-corrected chi connectivity index (χ4v) is 2.88. The van der Waals surface area contributed by atoms with E-state index in [2.05, 4.69) is 10.8 Å². The van der Waals surface area contributed by atoms with Crippen LogP contribution in [0.4, 0.5) is 0 Å². The summed E-state index contributed by atoms with van der Waals surface area (Å²) < 4.78 is 25.9. The Bertz CT molecular complexity index is 351. The molecule has 1 N–H and O–H groups in total. The van der Waals surface area contributed by atoms with Crippen LogP contribution < -0.4 is 4.72 Å². The predicted octanol–water partition coefficient (Wildman–Crippen LogP) is 1.79. The van der Waals surface area contributed by atoms with Crippen LogP contribution in [0, 0.1) is 17.2 Å². The van der Waals surface area contributed by atoms with Gasteiger partial charge in [0, 0.05) is 0 Å². The van der Waals surface area contributed by atoms with Crippen LogP contribution in [-0.2, 0) is 10.0 Å². The van der Waals surface area contributed by atoms with Gasteiger partial charge >= 0.3 is 0 Å². The maximum absolute atomic E-state index is 11.7. The normalized spacial score (nSPS) is 20.6. The third kappa shape index (κ3) is 3.46. The molecule has 0 heterocycles. The van der Waals surface area contributed by atoms with Gasteiger partial charge in [-0.25, -0.2) is 8.42 Å². The molecule has 0 saturated heterocycles. The molecule has 4 nitrogen and oxygen atoms in total. The Morgan fingerprint density at radius 2 is 1.81 bits per heavy atom. The molecule has 16 heavy (non-hydrogen) atoms. The highest BCUT2D eigenvalue weighted by atomic mass is 32.2. The second-order valence-corrected chi connectivity index (χ2v) is 6.99. The first-order valence-corrected chi connectivity index (χ1v) is 7.42. The van der Waals surface area contributed by atoms with Gasteiger partial charge in [-0.1, -0.05) is 19.3 Å². The standard InChI is InChI=1S/C11H20N2O2S/c1-9(2)16(14,15)13-11(8-12)10-6-4-3-5-7-10/h9-11,13H,3-7H2,1-2H3. The van der Waals surface area contributed by atoms with Crippen molar-refractivity contribution in [1.29, 1.82) is 5.26 Å². The van der Waals surface area contributed by atoms with Gasteiger partial charge in [-0.3, -0.25) is 0 Å². The Labute approximate surface area is 98.1 Å². The molecule has 1 aliphatic carbocycles. The molecular formula is C11H20N2O2S. The zero-order valence-electron chi connectivity index (χ0n) is 9.94. The second-order valence-electron chi connectivity index (χ2n) is 4.72. The highest BCUT2D eigenvalue weighted by molar-refractivity contribution is 7.90. The van der Waals surface area contributed by atoms with E-state index in [0.29, 0.717) is 0 Å². The molecule has 1 unspecified atom stereocenters. The first-order chi connectivity index (χ1) is 7.47. The van der Waals surface area contributed by atoms with Crippen molar-refractivity contribution in [3.05, 3.63) is 0 Å². The summed E-state index contributed by atoms with van der Waals surface area (Å²) >= 11 is 0. The topological polar surface area (TPSA) is 70.0 Å². The molecule has 0 amide bonds. The smallest absolute Gasteiger partial charge is 0.212 e. The molecule has 0 aromatic carbocycles. The van der Waals surface area contributed by atoms with Gasteiger partial charge in [0.25, 0.3) is 0 Å². The summed E-state index contributed by atoms with van der Waals surface area (Å²) in [5, 5.41) is 8.57. The van der Waals surface area contributed by atoms with E-state index < -0.39 is 21.3 Å². The van der Waals surface area contributed by atoms with Crippen molar-refractivity contribution in [2.75, 3.05) is 0 Å². The summed E-state index contributed by atoms with van der Waals surface area (Å²) in [6.45, 7) is 3.25. The van der Waals surface area contributed by atoms with Gasteiger partial charge in [-0.15, -0.1) is 0 Å². The minimum Gasteiger partial charge on any atom is -0.212 e. The molecule has 92 valence electrons. The van der Waals surface area contributed by atoms with Crippen molar-refractivity contribution in [2.45, 2.75) is 57.2 Å². The SMILES string of the molecule is CC(C)S(=O)(=O)NC(C#N)C1CCCCC1. The Morgan fingerprint density at radius 1 is 1.25 bits per heavy atom. The lowest BCUT2D eigenvalue weighted by Gasteiger charge is -2.26. The van der Waals surface area contributed by atoms with Crippen LogP contribution in [0.1, 0.15) is 46.0 Å². The lowest BCUT2D eigenvalue weighted by molar-refractivity contribution is 0.323. The quantitative estimate of drug-likeness (QED) is 0.819. The average molecular weight is 244 g/mol. The molecule has 0 radical (unpaired) electrons. The van der Waals surface area contributed by atoms with Crippen LogP contribution in [0.2, 0.25) is 0 Å². The van der Waals surface area contributed by atoms with Crippen LogP contribution in [0.25, 0.3) is 0 Å². The molecule has 1 aliphatic rings. The summed E-state index contributed by atoms with van der Waals surface area (Å²) in [6.07, 6.45) is 5.32. The predicted molar refractivity (Wildman–Crippen MR) is 63.2 cm³/mol. The number of hydrogen-bond donors (Lipinski definition) is 1. The maximum atomic E-state index is 11.7. The molecule has 0 aromatic heterocycles. The first kappa shape index (κ1) is 13.5. The minimum atomic E-state index is -3.33. The summed E-state index contributed by atoms with van der Waals surface area (Å²) in [6, 6.07) is 1.54. The van der Waals surface area contributed by atoms with Gasteiger partial charge in [0.2, 0.25) is 10.0 Å². The van der Waals surface area contributed by atoms with Crippen molar-refractivity contribution >= 4 is 10.0 Å². The molecule has 1 saturated carbocycles. The van der Waals surface area contributed by atoms with E-state index >= 15 is 0 Å². The number of nitrogens with zero attached hydrogens (tertiary/aromatic N) is 1. The molecule has 0 aliphatic heterocycles. The van der Waals surface area contributed by atoms with E-state index in [4.69, 9.17) is 5.26 Å². The van der Waals surface area contributed by atoms with E-state index in [9.17, 15) is 8.42 Å². The van der Waals surface area contributed by atoms with Crippen molar-refractivity contribution in [2.24, 2.45) is 5.92 Å². The Hall–Kier alpha value is -0.600. The summed E-state index contributed by atoms with van der Waals surface area (Å²) in [4.78, 5) is 0. The van der Waals surface area contributed by atoms with Crippen LogP contribution in [0.3, 0.4) is 0 Å². The molecule has 0 spiro atoms. The fraction of sp³-hybridized carbons (Fsp3) is 0.909. The monoisotopic (exact) mass is 244 g/mol. The highest BCUT2D eigenvalue weighted by Gasteiger charge is 2.28. The van der Waals surface area contributed by atoms with Crippen LogP contribution >= 0.6 is 0 Å². The van der Waals surface area contributed by atoms with Crippen molar-refractivity contribution in [3.8, 4) is 6.07 Å². The summed E-state index contributed by atoms with van der Waals surface area (Å²) in [5.41, 5.74) is 0. The van der Waals surface area contributed by atoms with E-state index in [1.54, 1.807) is 13.8 Å². The zero-order chi connectivity index (χ0) is 12.2. The summed E-state index contributed by atoms with van der Waals surface area (Å²) in [5.74, 6) is 0.187. The summed E-state index contributed by atoms with van der Waals surface area (Å²) in [7, 11) is -3.33. The lowest BCUT2D eigenvalue weighted by atomic mass is 9.85. The average Bonchev–Trinajstić information content (AvgIpc) is 2.27. The van der Waals surface area contributed by atoms with E-state index in [1.165, 1.54) is 6.42 Å². The van der Waals surface area contributed by atoms with Crippen molar-refractivity contribution in [3.63, 3.8) is 0 Å². The van der Waals surface area contributed by atoms with E-state index in [0.717, 1.165) is 25.7 Å². The Morgan fingerprint density at radius 3 is 2.25 bits per heavy atom. The molecule has 1 atom stereocenters. The highest BCUT2D eigenvalue weighted by Crippen LogP contribution is 2.26. The molecule has 0 bridgehead atoms. The molecule has 5 heteroatoms. The third-order valence-electron chi connectivity index (χ3n) is 3.17. The van der Waals surface area contributed by atoms with Crippen molar-refractivity contribution < 1.29 is 8.42 Å². The largest absolute Gasteiger partial charge is 0.215 e. The number of nitriles is 1. The van der Waals surface area contributed by atoms with Gasteiger partial charge in [-0.05, 0) is 32.6 Å². The van der Waals surface area contributed by atoms with Gasteiger partial charge < -0.3 is 0 Å². The van der Waals surface area contributed by atoms with Gasteiger partial charge in [0.15, 0.2) is 0 Å². The lowest BCUT2D eigenvalue weighted by Crippen LogP contribution is -2.43. The number of hydrogen-bond acceptors (Lipinski definition) is 3. The fourth-order valence-electron chi connectivity index (χ4n) is 2.01. The molecule has 0 aromatic rings. The number of rotatable bonds is 4. The van der Waals surface area contributed by atoms with Gasteiger partial charge in [0.1, 0.15) is 6.04 Å². The first-order valence-electron chi connectivity index (χ1n) is 5.88. The van der Waals surface area contributed by atoms with Crippen LogP contribution in [0.15, 0.2) is 0 Å².